The molecule has 6 heteroatoms. The quantitative estimate of drug-likeness (QED) is 0.882. The smallest absolute Gasteiger partial charge is 0.230 e. The van der Waals surface area contributed by atoms with E-state index >= 15 is 0 Å². The van der Waals surface area contributed by atoms with E-state index < -0.39 is 0 Å². The lowest BCUT2D eigenvalue weighted by molar-refractivity contribution is 0.656. The molecule has 1 aliphatic rings. The maximum absolute atomic E-state index is 5.34. The summed E-state index contributed by atoms with van der Waals surface area (Å²) in [6, 6.07) is 8.42. The number of likely N-dealkylation sites (N-methyl/N-ethyl adjacent to an activating group) is 1. The van der Waals surface area contributed by atoms with Gasteiger partial charge in [-0.2, -0.15) is 0 Å². The Morgan fingerprint density at radius 1 is 1.25 bits per heavy atom. The zero-order chi connectivity index (χ0) is 14.1. The topological polar surface area (TPSA) is 40.1 Å². The monoisotopic (exact) mass is 289 g/mol. The summed E-state index contributed by atoms with van der Waals surface area (Å²) in [5.41, 5.74) is 2.42. The van der Waals surface area contributed by atoms with Gasteiger partial charge in [0.2, 0.25) is 5.95 Å². The second-order valence-electron chi connectivity index (χ2n) is 5.04. The first-order valence-corrected chi connectivity index (χ1v) is 7.36. The van der Waals surface area contributed by atoms with E-state index in [9.17, 15) is 0 Å². The van der Waals surface area contributed by atoms with Gasteiger partial charge in [-0.1, -0.05) is 19.1 Å². The molecule has 0 unspecified atom stereocenters. The van der Waals surface area contributed by atoms with Crippen LogP contribution in [0.1, 0.15) is 13.3 Å². The maximum Gasteiger partial charge on any atom is 0.230 e. The molecule has 5 nitrogen and oxygen atoms in total. The van der Waals surface area contributed by atoms with Crippen molar-refractivity contribution in [2.75, 3.05) is 29.9 Å². The fraction of sp³-hybridized carbons (Fsp3) is 0.429. The van der Waals surface area contributed by atoms with Crippen LogP contribution in [0.2, 0.25) is 0 Å². The third kappa shape index (κ3) is 2.10. The van der Waals surface area contributed by atoms with Gasteiger partial charge in [0.05, 0.1) is 11.4 Å². The Morgan fingerprint density at radius 2 is 2.00 bits per heavy atom. The SMILES string of the molecule is CCCn1c(N2CCN(C)c3ccccc32)n[nH]c1=S. The predicted octanol–water partition coefficient (Wildman–Crippen LogP) is 2.94. The number of hydrogen-bond donors (Lipinski definition) is 1. The van der Waals surface area contributed by atoms with Gasteiger partial charge in [-0.25, -0.2) is 5.10 Å². The zero-order valence-corrected chi connectivity index (χ0v) is 12.7. The summed E-state index contributed by atoms with van der Waals surface area (Å²) in [6.07, 6.45) is 1.04. The molecule has 0 aliphatic carbocycles. The van der Waals surface area contributed by atoms with Crippen LogP contribution >= 0.6 is 12.2 Å². The summed E-state index contributed by atoms with van der Waals surface area (Å²) < 4.78 is 2.77. The molecule has 0 spiro atoms. The van der Waals surface area contributed by atoms with E-state index in [2.05, 4.69) is 62.8 Å². The van der Waals surface area contributed by atoms with E-state index in [1.807, 2.05) is 0 Å². The van der Waals surface area contributed by atoms with Crippen molar-refractivity contribution in [3.05, 3.63) is 29.0 Å². The van der Waals surface area contributed by atoms with E-state index in [1.54, 1.807) is 0 Å². The normalized spacial score (nSPS) is 14.5. The number of nitrogens with one attached hydrogen (secondary N) is 1. The molecule has 3 rings (SSSR count). The third-order valence-electron chi connectivity index (χ3n) is 3.67. The molecule has 1 N–H and O–H groups in total. The van der Waals surface area contributed by atoms with Crippen LogP contribution in [-0.2, 0) is 6.54 Å². The molecule has 1 aromatic carbocycles. The fourth-order valence-electron chi connectivity index (χ4n) is 2.65. The van der Waals surface area contributed by atoms with Gasteiger partial charge in [-0.15, -0.1) is 5.10 Å². The predicted molar refractivity (Wildman–Crippen MR) is 84.4 cm³/mol. The van der Waals surface area contributed by atoms with Crippen LogP contribution in [0.25, 0.3) is 0 Å². The van der Waals surface area contributed by atoms with Crippen molar-refractivity contribution in [3.8, 4) is 0 Å². The van der Waals surface area contributed by atoms with Gasteiger partial charge < -0.3 is 9.80 Å². The van der Waals surface area contributed by atoms with Crippen molar-refractivity contribution in [1.29, 1.82) is 0 Å². The lowest BCUT2D eigenvalue weighted by Crippen LogP contribution is -2.37. The first-order chi connectivity index (χ1) is 9.72. The standard InChI is InChI=1S/C14H19N5S/c1-3-8-19-13(15-16-14(19)20)18-10-9-17(2)11-6-4-5-7-12(11)18/h4-7H,3,8-10H2,1-2H3,(H,16,20). The molecule has 0 radical (unpaired) electrons. The molecule has 2 heterocycles. The van der Waals surface area contributed by atoms with E-state index in [0.717, 1.165) is 32.0 Å². The highest BCUT2D eigenvalue weighted by Crippen LogP contribution is 2.35. The van der Waals surface area contributed by atoms with Crippen LogP contribution in [0.15, 0.2) is 24.3 Å². The highest BCUT2D eigenvalue weighted by Gasteiger charge is 2.24. The molecule has 0 amide bonds. The molecular weight excluding hydrogens is 270 g/mol. The van der Waals surface area contributed by atoms with Crippen molar-refractivity contribution in [1.82, 2.24) is 14.8 Å². The Morgan fingerprint density at radius 3 is 2.75 bits per heavy atom. The maximum atomic E-state index is 5.34. The minimum absolute atomic E-state index is 0.693. The molecule has 0 saturated carbocycles. The van der Waals surface area contributed by atoms with Crippen molar-refractivity contribution in [2.24, 2.45) is 0 Å². The minimum Gasteiger partial charge on any atom is -0.371 e. The van der Waals surface area contributed by atoms with Gasteiger partial charge in [0.1, 0.15) is 0 Å². The number of nitrogens with zero attached hydrogens (tertiary/aromatic N) is 4. The summed E-state index contributed by atoms with van der Waals surface area (Å²) in [4.78, 5) is 4.52. The van der Waals surface area contributed by atoms with Gasteiger partial charge in [-0.3, -0.25) is 4.57 Å². The largest absolute Gasteiger partial charge is 0.371 e. The lowest BCUT2D eigenvalue weighted by atomic mass is 10.2. The summed E-state index contributed by atoms with van der Waals surface area (Å²) in [6.45, 7) is 4.93. The van der Waals surface area contributed by atoms with E-state index in [-0.39, 0.29) is 0 Å². The third-order valence-corrected chi connectivity index (χ3v) is 3.98. The summed E-state index contributed by atoms with van der Waals surface area (Å²) in [5.74, 6) is 0.914. The van der Waals surface area contributed by atoms with Gasteiger partial charge in [0.25, 0.3) is 0 Å². The van der Waals surface area contributed by atoms with Crippen LogP contribution in [-0.4, -0.2) is 34.9 Å². The van der Waals surface area contributed by atoms with Gasteiger partial charge in [0.15, 0.2) is 4.77 Å². The van der Waals surface area contributed by atoms with Crippen molar-refractivity contribution in [2.45, 2.75) is 19.9 Å². The number of H-pyrrole nitrogens is 1. The molecule has 0 saturated heterocycles. The Bertz CT molecular complexity index is 660. The second-order valence-corrected chi connectivity index (χ2v) is 5.43. The highest BCUT2D eigenvalue weighted by atomic mass is 32.1. The van der Waals surface area contributed by atoms with Gasteiger partial charge in [-0.05, 0) is 30.8 Å². The summed E-state index contributed by atoms with van der Waals surface area (Å²) >= 11 is 5.34. The molecule has 0 bridgehead atoms. The fourth-order valence-corrected chi connectivity index (χ4v) is 2.87. The number of aromatic nitrogens is 3. The van der Waals surface area contributed by atoms with E-state index in [1.165, 1.54) is 11.4 Å². The Kier molecular flexibility index (Phi) is 3.48. The number of anilines is 3. The number of aromatic amines is 1. The van der Waals surface area contributed by atoms with Crippen LogP contribution in [0, 0.1) is 4.77 Å². The van der Waals surface area contributed by atoms with Crippen LogP contribution < -0.4 is 9.80 Å². The molecule has 2 aromatic rings. The Balaban J connectivity index is 2.08. The number of para-hydroxylation sites is 2. The molecule has 106 valence electrons. The minimum atomic E-state index is 0.693. The van der Waals surface area contributed by atoms with Gasteiger partial charge >= 0.3 is 0 Å². The van der Waals surface area contributed by atoms with Crippen LogP contribution in [0.5, 0.6) is 0 Å². The van der Waals surface area contributed by atoms with E-state index in [0.29, 0.717) is 4.77 Å². The second kappa shape index (κ2) is 5.28. The Hall–Kier alpha value is -1.82. The average molecular weight is 289 g/mol. The summed E-state index contributed by atoms with van der Waals surface area (Å²) in [5, 5.41) is 7.36. The summed E-state index contributed by atoms with van der Waals surface area (Å²) in [7, 11) is 2.12. The number of rotatable bonds is 3. The first kappa shape index (κ1) is 13.2. The molecule has 1 aliphatic heterocycles. The average Bonchev–Trinajstić information content (AvgIpc) is 2.82. The number of benzene rings is 1. The molecular formula is C14H19N5S. The van der Waals surface area contributed by atoms with Crippen LogP contribution in [0.4, 0.5) is 17.3 Å². The highest BCUT2D eigenvalue weighted by molar-refractivity contribution is 7.71. The van der Waals surface area contributed by atoms with Gasteiger partial charge in [0, 0.05) is 26.7 Å². The molecule has 1 aromatic heterocycles. The molecule has 0 atom stereocenters. The molecule has 0 fully saturated rings. The number of hydrogen-bond acceptors (Lipinski definition) is 4. The lowest BCUT2D eigenvalue weighted by Gasteiger charge is -2.36. The van der Waals surface area contributed by atoms with Crippen molar-refractivity contribution >= 4 is 29.5 Å². The van der Waals surface area contributed by atoms with Crippen LogP contribution in [0.3, 0.4) is 0 Å². The van der Waals surface area contributed by atoms with E-state index in [4.69, 9.17) is 12.2 Å². The van der Waals surface area contributed by atoms with Crippen molar-refractivity contribution in [3.63, 3.8) is 0 Å². The number of fused-ring (bicyclic) bond motifs is 1. The zero-order valence-electron chi connectivity index (χ0n) is 11.8. The first-order valence-electron chi connectivity index (χ1n) is 6.95. The van der Waals surface area contributed by atoms with Crippen molar-refractivity contribution < 1.29 is 0 Å². The Labute approximate surface area is 123 Å². The molecule has 20 heavy (non-hydrogen) atoms.